The van der Waals surface area contributed by atoms with E-state index in [1.807, 2.05) is 19.9 Å². The summed E-state index contributed by atoms with van der Waals surface area (Å²) in [5.74, 6) is 0.203. The van der Waals surface area contributed by atoms with Gasteiger partial charge in [-0.15, -0.1) is 11.6 Å². The third-order valence-electron chi connectivity index (χ3n) is 4.45. The van der Waals surface area contributed by atoms with Crippen LogP contribution in [0.1, 0.15) is 21.7 Å². The van der Waals surface area contributed by atoms with Crippen LogP contribution in [-0.2, 0) is 4.74 Å². The lowest BCUT2D eigenvalue weighted by Gasteiger charge is -2.34. The molecule has 1 saturated heterocycles. The van der Waals surface area contributed by atoms with Crippen LogP contribution in [0.3, 0.4) is 0 Å². The first-order valence-corrected chi connectivity index (χ1v) is 9.05. The lowest BCUT2D eigenvalue weighted by molar-refractivity contribution is 0.0572. The minimum atomic E-state index is -0.385. The highest BCUT2D eigenvalue weighted by Crippen LogP contribution is 2.17. The predicted octanol–water partition coefficient (Wildman–Crippen LogP) is 2.38. The summed E-state index contributed by atoms with van der Waals surface area (Å²) in [5.41, 5.74) is 3.80. The van der Waals surface area contributed by atoms with E-state index in [1.165, 1.54) is 0 Å². The van der Waals surface area contributed by atoms with Crippen LogP contribution in [0.25, 0.3) is 11.0 Å². The van der Waals surface area contributed by atoms with Gasteiger partial charge in [-0.1, -0.05) is 0 Å². The Balaban J connectivity index is 1.68. The van der Waals surface area contributed by atoms with Gasteiger partial charge in [-0.05, 0) is 32.0 Å². The first kappa shape index (κ1) is 18.4. The fraction of sp³-hybridized carbons (Fsp3) is 0.444. The number of hydrogen-bond acceptors (Lipinski definition) is 5. The van der Waals surface area contributed by atoms with Crippen molar-refractivity contribution in [3.63, 3.8) is 0 Å². The van der Waals surface area contributed by atoms with Gasteiger partial charge in [0.15, 0.2) is 0 Å². The van der Waals surface area contributed by atoms with Gasteiger partial charge in [0.1, 0.15) is 6.61 Å². The number of carbonyl (C=O) groups is 2. The maximum atomic E-state index is 12.8. The van der Waals surface area contributed by atoms with Gasteiger partial charge in [-0.25, -0.2) is 14.8 Å². The number of piperazine rings is 1. The molecule has 138 valence electrons. The highest BCUT2D eigenvalue weighted by molar-refractivity contribution is 6.18. The summed E-state index contributed by atoms with van der Waals surface area (Å²) in [6.07, 6.45) is -0.385. The highest BCUT2D eigenvalue weighted by atomic mass is 35.5. The smallest absolute Gasteiger partial charge is 0.409 e. The average molecular weight is 377 g/mol. The number of alkyl halides is 1. The second-order valence-corrected chi connectivity index (χ2v) is 6.56. The molecule has 1 aromatic carbocycles. The Bertz CT molecular complexity index is 835. The van der Waals surface area contributed by atoms with E-state index in [0.717, 1.165) is 16.9 Å². The topological polar surface area (TPSA) is 75.6 Å². The van der Waals surface area contributed by atoms with Crippen LogP contribution < -0.4 is 0 Å². The molecule has 0 unspecified atom stereocenters. The molecular formula is C18H21ClN4O3. The van der Waals surface area contributed by atoms with Crippen LogP contribution in [0, 0.1) is 13.8 Å². The summed E-state index contributed by atoms with van der Waals surface area (Å²) >= 11 is 5.52. The number of aromatic nitrogens is 2. The van der Waals surface area contributed by atoms with Crippen LogP contribution in [0.2, 0.25) is 0 Å². The number of halogens is 1. The summed E-state index contributed by atoms with van der Waals surface area (Å²) in [4.78, 5) is 36.9. The average Bonchev–Trinajstić information content (AvgIpc) is 2.66. The van der Waals surface area contributed by atoms with Crippen molar-refractivity contribution < 1.29 is 14.3 Å². The van der Waals surface area contributed by atoms with Crippen molar-refractivity contribution in [2.75, 3.05) is 38.7 Å². The number of ether oxygens (including phenoxy) is 1. The van der Waals surface area contributed by atoms with E-state index >= 15 is 0 Å². The zero-order valence-electron chi connectivity index (χ0n) is 14.9. The lowest BCUT2D eigenvalue weighted by Crippen LogP contribution is -2.50. The lowest BCUT2D eigenvalue weighted by atomic mass is 10.1. The fourth-order valence-electron chi connectivity index (χ4n) is 2.86. The van der Waals surface area contributed by atoms with E-state index in [4.69, 9.17) is 16.3 Å². The summed E-state index contributed by atoms with van der Waals surface area (Å²) < 4.78 is 5.02. The van der Waals surface area contributed by atoms with E-state index in [1.54, 1.807) is 21.9 Å². The number of nitrogens with zero attached hydrogens (tertiary/aromatic N) is 4. The van der Waals surface area contributed by atoms with Crippen molar-refractivity contribution >= 4 is 34.6 Å². The Morgan fingerprint density at radius 1 is 1.04 bits per heavy atom. The fourth-order valence-corrected chi connectivity index (χ4v) is 2.93. The molecule has 0 N–H and O–H groups in total. The van der Waals surface area contributed by atoms with Crippen LogP contribution in [-0.4, -0.2) is 70.4 Å². The number of hydrogen-bond donors (Lipinski definition) is 0. The predicted molar refractivity (Wildman–Crippen MR) is 98.6 cm³/mol. The normalized spacial score (nSPS) is 14.6. The van der Waals surface area contributed by atoms with Crippen LogP contribution in [0.4, 0.5) is 4.79 Å². The number of amides is 2. The molecule has 0 atom stereocenters. The molecule has 0 bridgehead atoms. The van der Waals surface area contributed by atoms with Gasteiger partial charge in [0, 0.05) is 31.7 Å². The highest BCUT2D eigenvalue weighted by Gasteiger charge is 2.25. The Hall–Kier alpha value is -2.41. The van der Waals surface area contributed by atoms with Crippen molar-refractivity contribution in [3.8, 4) is 0 Å². The van der Waals surface area contributed by atoms with Crippen molar-refractivity contribution in [2.24, 2.45) is 0 Å². The van der Waals surface area contributed by atoms with E-state index in [0.29, 0.717) is 37.3 Å². The third-order valence-corrected chi connectivity index (χ3v) is 4.60. The molecule has 3 rings (SSSR count). The Morgan fingerprint density at radius 2 is 1.65 bits per heavy atom. The Morgan fingerprint density at radius 3 is 2.31 bits per heavy atom. The first-order chi connectivity index (χ1) is 12.5. The molecule has 8 heteroatoms. The van der Waals surface area contributed by atoms with Gasteiger partial charge in [-0.3, -0.25) is 4.79 Å². The van der Waals surface area contributed by atoms with Crippen LogP contribution >= 0.6 is 11.6 Å². The van der Waals surface area contributed by atoms with E-state index in [-0.39, 0.29) is 24.5 Å². The molecule has 0 radical (unpaired) electrons. The quantitative estimate of drug-likeness (QED) is 0.769. The van der Waals surface area contributed by atoms with Gasteiger partial charge >= 0.3 is 6.09 Å². The molecule has 26 heavy (non-hydrogen) atoms. The second kappa shape index (κ2) is 7.86. The van der Waals surface area contributed by atoms with Gasteiger partial charge in [0.25, 0.3) is 5.91 Å². The van der Waals surface area contributed by atoms with Crippen molar-refractivity contribution in [3.05, 3.63) is 35.2 Å². The van der Waals surface area contributed by atoms with E-state index < -0.39 is 0 Å². The molecule has 0 aliphatic carbocycles. The molecule has 2 amide bonds. The molecule has 1 fully saturated rings. The molecule has 0 spiro atoms. The van der Waals surface area contributed by atoms with Crippen LogP contribution in [0.15, 0.2) is 18.2 Å². The summed E-state index contributed by atoms with van der Waals surface area (Å²) in [6, 6.07) is 5.37. The second-order valence-electron chi connectivity index (χ2n) is 6.18. The SMILES string of the molecule is Cc1nc2ccc(C(=O)N3CCN(C(=O)OCCCl)CC3)cc2nc1C. The Labute approximate surface area is 156 Å². The Kier molecular flexibility index (Phi) is 5.56. The van der Waals surface area contributed by atoms with Gasteiger partial charge in [-0.2, -0.15) is 0 Å². The number of carbonyl (C=O) groups excluding carboxylic acids is 2. The van der Waals surface area contributed by atoms with Crippen molar-refractivity contribution in [1.29, 1.82) is 0 Å². The number of fused-ring (bicyclic) bond motifs is 1. The largest absolute Gasteiger partial charge is 0.448 e. The molecule has 7 nitrogen and oxygen atoms in total. The van der Waals surface area contributed by atoms with Crippen molar-refractivity contribution in [1.82, 2.24) is 19.8 Å². The van der Waals surface area contributed by atoms with E-state index in [9.17, 15) is 9.59 Å². The minimum absolute atomic E-state index is 0.0688. The minimum Gasteiger partial charge on any atom is -0.448 e. The number of rotatable bonds is 3. The zero-order chi connectivity index (χ0) is 18.7. The van der Waals surface area contributed by atoms with E-state index in [2.05, 4.69) is 9.97 Å². The monoisotopic (exact) mass is 376 g/mol. The van der Waals surface area contributed by atoms with Gasteiger partial charge in [0.2, 0.25) is 0 Å². The van der Waals surface area contributed by atoms with Gasteiger partial charge in [0.05, 0.1) is 28.3 Å². The number of benzene rings is 1. The standard InChI is InChI=1S/C18H21ClN4O3/c1-12-13(2)21-16-11-14(3-4-15(16)20-12)17(24)22-6-8-23(9-7-22)18(25)26-10-5-19/h3-4,11H,5-10H2,1-2H3. The molecular weight excluding hydrogens is 356 g/mol. The molecule has 1 aliphatic rings. The maximum Gasteiger partial charge on any atom is 0.409 e. The number of aryl methyl sites for hydroxylation is 2. The molecule has 1 aliphatic heterocycles. The molecule has 0 saturated carbocycles. The summed E-state index contributed by atoms with van der Waals surface area (Å²) in [6.45, 7) is 5.82. The summed E-state index contributed by atoms with van der Waals surface area (Å²) in [7, 11) is 0. The third kappa shape index (κ3) is 3.88. The molecule has 2 aromatic rings. The summed E-state index contributed by atoms with van der Waals surface area (Å²) in [5, 5.41) is 0. The zero-order valence-corrected chi connectivity index (χ0v) is 15.6. The maximum absolute atomic E-state index is 12.8. The molecule has 2 heterocycles. The first-order valence-electron chi connectivity index (χ1n) is 8.51. The molecule has 1 aromatic heterocycles. The van der Waals surface area contributed by atoms with Crippen molar-refractivity contribution in [2.45, 2.75) is 13.8 Å². The van der Waals surface area contributed by atoms with Crippen LogP contribution in [0.5, 0.6) is 0 Å². The van der Waals surface area contributed by atoms with Gasteiger partial charge < -0.3 is 14.5 Å².